The highest BCUT2D eigenvalue weighted by molar-refractivity contribution is 5.94. The van der Waals surface area contributed by atoms with Crippen LogP contribution in [0.3, 0.4) is 0 Å². The second-order valence-corrected chi connectivity index (χ2v) is 19.2. The van der Waals surface area contributed by atoms with Crippen LogP contribution in [-0.2, 0) is 41.2 Å². The number of carbonyl (C=O) groups excluding carboxylic acids is 3. The van der Waals surface area contributed by atoms with Crippen LogP contribution in [0.1, 0.15) is 79.2 Å². The largest absolute Gasteiger partial charge is 0.497 e. The fraction of sp³-hybridized carbons (Fsp3) is 0.481. The minimum absolute atomic E-state index is 0.0201. The van der Waals surface area contributed by atoms with Crippen LogP contribution in [0, 0.1) is 11.3 Å². The number of para-hydroxylation sites is 1. The molecule has 1 saturated heterocycles. The van der Waals surface area contributed by atoms with Gasteiger partial charge in [-0.1, -0.05) is 55.8 Å². The first-order valence-corrected chi connectivity index (χ1v) is 23.0. The van der Waals surface area contributed by atoms with Gasteiger partial charge in [0.25, 0.3) is 0 Å². The molecule has 4 aromatic rings. The molecule has 1 saturated carbocycles. The first kappa shape index (κ1) is 43.3. The third-order valence-corrected chi connectivity index (χ3v) is 16.1. The number of aliphatic hydroxyl groups is 1. The Balaban J connectivity index is 1.22. The Bertz CT molecular complexity index is 2640. The molecule has 2 fully saturated rings. The zero-order valence-electron chi connectivity index (χ0n) is 38.4. The van der Waals surface area contributed by atoms with E-state index in [9.17, 15) is 14.7 Å². The minimum Gasteiger partial charge on any atom is -0.497 e. The molecule has 3 aromatic carbocycles. The van der Waals surface area contributed by atoms with Crippen molar-refractivity contribution in [2.45, 2.75) is 87.6 Å². The van der Waals surface area contributed by atoms with E-state index in [1.54, 1.807) is 38.5 Å². The molecular formula is C52H60N4O9. The van der Waals surface area contributed by atoms with Crippen molar-refractivity contribution >= 4 is 34.5 Å². The van der Waals surface area contributed by atoms with Gasteiger partial charge in [-0.25, -0.2) is 4.79 Å². The summed E-state index contributed by atoms with van der Waals surface area (Å²) in [5.74, 6) is -0.426. The molecule has 13 nitrogen and oxygen atoms in total. The molecule has 6 heterocycles. The van der Waals surface area contributed by atoms with Crippen molar-refractivity contribution in [3.8, 4) is 11.5 Å². The lowest BCUT2D eigenvalue weighted by atomic mass is 9.47. The Morgan fingerprint density at radius 2 is 1.74 bits per heavy atom. The van der Waals surface area contributed by atoms with E-state index in [2.05, 4.69) is 70.0 Å². The molecule has 10 rings (SSSR count). The Hall–Kier alpha value is -5.63. The number of anilines is 1. The van der Waals surface area contributed by atoms with Crippen LogP contribution >= 0.6 is 0 Å². The average Bonchev–Trinajstić information content (AvgIpc) is 3.97. The summed E-state index contributed by atoms with van der Waals surface area (Å²) in [5.41, 5.74) is 1.90. The standard InChI is InChI=1S/C52H60N4O9/c1-8-32-23-33-26-51(48(59)63-7,43-37(29-55(27-32)28-33)36-13-10-11-14-40(36)53-43)39-24-38-41(25-42(39)62-6)54(4)46-50(38)20-22-56-21-12-19-49(9-2,45(50)56)47(65-31(3)57)52(46,60)30-64-44(58)34-15-17-35(61-5)18-16-34/h10-19,23-25,33,45-47,53,60H,8-9,20-22,26-30H2,1-7H3/t33-,45-,46+,47+,49+,50+,51-,52-/m0/s1. The van der Waals surface area contributed by atoms with Crippen molar-refractivity contribution in [2.75, 3.05) is 66.1 Å². The molecule has 2 bridgehead atoms. The number of fused-ring (bicyclic) bond motifs is 6. The van der Waals surface area contributed by atoms with Crippen LogP contribution in [-0.4, -0.2) is 123 Å². The van der Waals surface area contributed by atoms with E-state index in [0.29, 0.717) is 61.5 Å². The molecule has 1 aromatic heterocycles. The average molecular weight is 885 g/mol. The highest BCUT2D eigenvalue weighted by atomic mass is 16.6. The molecule has 5 aliphatic heterocycles. The molecule has 1 unspecified atom stereocenters. The number of benzene rings is 3. The maximum absolute atomic E-state index is 15.4. The van der Waals surface area contributed by atoms with Crippen molar-refractivity contribution in [1.29, 1.82) is 0 Å². The Morgan fingerprint density at radius 3 is 2.45 bits per heavy atom. The molecular weight excluding hydrogens is 825 g/mol. The minimum atomic E-state index is -1.93. The maximum atomic E-state index is 15.4. The van der Waals surface area contributed by atoms with Crippen LogP contribution in [0.5, 0.6) is 11.5 Å². The van der Waals surface area contributed by atoms with Gasteiger partial charge in [0.1, 0.15) is 29.6 Å². The Kier molecular flexibility index (Phi) is 10.5. The van der Waals surface area contributed by atoms with Crippen LogP contribution in [0.4, 0.5) is 5.69 Å². The van der Waals surface area contributed by atoms with Crippen LogP contribution < -0.4 is 14.4 Å². The second-order valence-electron chi connectivity index (χ2n) is 19.2. The van der Waals surface area contributed by atoms with Crippen molar-refractivity contribution in [1.82, 2.24) is 14.8 Å². The summed E-state index contributed by atoms with van der Waals surface area (Å²) in [7, 11) is 6.62. The number of methoxy groups -OCH3 is 3. The van der Waals surface area contributed by atoms with Gasteiger partial charge in [-0.05, 0) is 85.7 Å². The van der Waals surface area contributed by atoms with E-state index in [0.717, 1.165) is 52.9 Å². The van der Waals surface area contributed by atoms with Crippen LogP contribution in [0.2, 0.25) is 0 Å². The van der Waals surface area contributed by atoms with Crippen molar-refractivity contribution in [3.05, 3.63) is 112 Å². The molecule has 13 heteroatoms. The number of hydrogen-bond donors (Lipinski definition) is 2. The zero-order valence-corrected chi connectivity index (χ0v) is 38.4. The number of carbonyl (C=O) groups is 3. The number of hydrogen-bond acceptors (Lipinski definition) is 12. The number of nitrogens with zero attached hydrogens (tertiary/aromatic N) is 3. The smallest absolute Gasteiger partial charge is 0.338 e. The summed E-state index contributed by atoms with van der Waals surface area (Å²) >= 11 is 0. The van der Waals surface area contributed by atoms with E-state index in [-0.39, 0.29) is 17.9 Å². The van der Waals surface area contributed by atoms with Crippen molar-refractivity contribution in [2.24, 2.45) is 11.3 Å². The molecule has 65 heavy (non-hydrogen) atoms. The first-order chi connectivity index (χ1) is 31.3. The zero-order chi connectivity index (χ0) is 45.6. The fourth-order valence-electron chi connectivity index (χ4n) is 13.8. The molecule has 1 spiro atoms. The number of rotatable bonds is 10. The molecule has 2 N–H and O–H groups in total. The molecule has 6 aliphatic rings. The van der Waals surface area contributed by atoms with E-state index in [4.69, 9.17) is 23.7 Å². The van der Waals surface area contributed by atoms with E-state index in [1.807, 2.05) is 25.2 Å². The topological polar surface area (TPSA) is 143 Å². The van der Waals surface area contributed by atoms with Gasteiger partial charge in [-0.2, -0.15) is 0 Å². The van der Waals surface area contributed by atoms with Gasteiger partial charge in [-0.15, -0.1) is 0 Å². The normalized spacial score (nSPS) is 32.0. The second kappa shape index (κ2) is 15.8. The first-order valence-electron chi connectivity index (χ1n) is 23.0. The number of nitrogens with one attached hydrogen (secondary N) is 1. The lowest BCUT2D eigenvalue weighted by molar-refractivity contribution is -0.228. The number of H-pyrrole nitrogens is 1. The van der Waals surface area contributed by atoms with Crippen molar-refractivity contribution in [3.63, 3.8) is 0 Å². The van der Waals surface area contributed by atoms with Gasteiger partial charge >= 0.3 is 17.9 Å². The lowest BCUT2D eigenvalue weighted by Crippen LogP contribution is -2.80. The van der Waals surface area contributed by atoms with Gasteiger partial charge in [-0.3, -0.25) is 19.4 Å². The summed E-state index contributed by atoms with van der Waals surface area (Å²) in [6.07, 6.45) is 8.01. The lowest BCUT2D eigenvalue weighted by Gasteiger charge is -2.64. The van der Waals surface area contributed by atoms with E-state index >= 15 is 4.79 Å². The molecule has 1 aliphatic carbocycles. The Labute approximate surface area is 380 Å². The monoisotopic (exact) mass is 884 g/mol. The summed E-state index contributed by atoms with van der Waals surface area (Å²) < 4.78 is 30.3. The maximum Gasteiger partial charge on any atom is 0.338 e. The predicted molar refractivity (Wildman–Crippen MR) is 245 cm³/mol. The third kappa shape index (κ3) is 6.10. The van der Waals surface area contributed by atoms with Gasteiger partial charge in [0.05, 0.1) is 32.9 Å². The SMILES string of the molecule is CCC1=C[C@@H]2CN(C1)Cc1c([nH]c3ccccc13)[C@@](C(=O)OC)(c1cc3c(cc1OC)N(C)[C@H]1[C@@](O)(COC(=O)c4ccc(OC)cc4)[C@H](OC(C)=O)[C@]4(CC)C=CCN5CC[C@]31[C@@H]54)C2. The number of ether oxygens (including phenoxy) is 5. The van der Waals surface area contributed by atoms with E-state index < -0.39 is 52.5 Å². The van der Waals surface area contributed by atoms with Gasteiger partial charge in [0, 0.05) is 90.9 Å². The molecule has 9 atom stereocenters. The number of esters is 3. The summed E-state index contributed by atoms with van der Waals surface area (Å²) in [6, 6.07) is 18.1. The van der Waals surface area contributed by atoms with E-state index in [1.165, 1.54) is 19.6 Å². The quantitative estimate of drug-likeness (QED) is 0.103. The number of aromatic amines is 1. The van der Waals surface area contributed by atoms with Crippen molar-refractivity contribution < 1.29 is 43.2 Å². The fourth-order valence-corrected chi connectivity index (χ4v) is 13.8. The van der Waals surface area contributed by atoms with Gasteiger partial charge in [0.2, 0.25) is 0 Å². The summed E-state index contributed by atoms with van der Waals surface area (Å²) in [6.45, 7) is 8.85. The molecule has 0 radical (unpaired) electrons. The number of likely N-dealkylation sites (N-methyl/N-ethyl adjacent to an activating group) is 1. The van der Waals surface area contributed by atoms with Gasteiger partial charge in [0.15, 0.2) is 5.60 Å². The van der Waals surface area contributed by atoms with Crippen LogP contribution in [0.25, 0.3) is 10.9 Å². The highest BCUT2D eigenvalue weighted by Gasteiger charge is 2.78. The number of aromatic nitrogens is 1. The third-order valence-electron chi connectivity index (χ3n) is 16.1. The summed E-state index contributed by atoms with van der Waals surface area (Å²) in [5, 5.41) is 14.9. The summed E-state index contributed by atoms with van der Waals surface area (Å²) in [4.78, 5) is 53.4. The molecule has 342 valence electrons. The highest BCUT2D eigenvalue weighted by Crippen LogP contribution is 2.68. The van der Waals surface area contributed by atoms with Gasteiger partial charge < -0.3 is 38.7 Å². The predicted octanol–water partition coefficient (Wildman–Crippen LogP) is 6.45. The molecule has 0 amide bonds. The van der Waals surface area contributed by atoms with Crippen LogP contribution in [0.15, 0.2) is 84.5 Å². The Morgan fingerprint density at radius 1 is 0.954 bits per heavy atom.